The molecule has 0 aliphatic heterocycles. The van der Waals surface area contributed by atoms with Gasteiger partial charge in [-0.15, -0.1) is 0 Å². The maximum Gasteiger partial charge on any atom is 0.371 e. The molecular weight excluding hydrogens is 340 g/mol. The molecule has 1 rings (SSSR count). The van der Waals surface area contributed by atoms with Crippen molar-refractivity contribution in [1.82, 2.24) is 4.72 Å². The van der Waals surface area contributed by atoms with Crippen molar-refractivity contribution in [1.29, 1.82) is 5.26 Å². The van der Waals surface area contributed by atoms with E-state index < -0.39 is 27.2 Å². The van der Waals surface area contributed by atoms with Crippen molar-refractivity contribution in [3.8, 4) is 6.07 Å². The minimum Gasteiger partial charge on any atom is -0.475 e. The van der Waals surface area contributed by atoms with Gasteiger partial charge in [0, 0.05) is 12.6 Å². The van der Waals surface area contributed by atoms with Gasteiger partial charge in [-0.3, -0.25) is 0 Å². The Bertz CT molecular complexity index is 641. The summed E-state index contributed by atoms with van der Waals surface area (Å²) < 4.78 is 30.7. The van der Waals surface area contributed by atoms with Gasteiger partial charge in [-0.05, 0) is 29.8 Å². The Balaban J connectivity index is 3.02. The first-order valence-electron chi connectivity index (χ1n) is 5.02. The van der Waals surface area contributed by atoms with Crippen LogP contribution in [0.4, 0.5) is 0 Å². The number of nitrogens with zero attached hydrogens (tertiary/aromatic N) is 1. The monoisotopic (exact) mass is 350 g/mol. The molecule has 1 aromatic rings. The number of carboxylic acids is 1. The SMILES string of the molecule is CC(C)(C#N)CNS(=O)(=O)c1cc(C(=O)O)oc1Br. The van der Waals surface area contributed by atoms with Crippen molar-refractivity contribution in [3.05, 3.63) is 16.5 Å². The van der Waals surface area contributed by atoms with Gasteiger partial charge in [0.05, 0.1) is 11.5 Å². The highest BCUT2D eigenvalue weighted by Gasteiger charge is 2.27. The van der Waals surface area contributed by atoms with E-state index in [4.69, 9.17) is 14.8 Å². The fraction of sp³-hybridized carbons (Fsp3) is 0.400. The van der Waals surface area contributed by atoms with E-state index in [-0.39, 0.29) is 16.1 Å². The summed E-state index contributed by atoms with van der Waals surface area (Å²) in [5, 5.41) is 17.5. The number of nitriles is 1. The van der Waals surface area contributed by atoms with Crippen LogP contribution in [0.1, 0.15) is 24.4 Å². The van der Waals surface area contributed by atoms with E-state index in [9.17, 15) is 13.2 Å². The zero-order chi connectivity index (χ0) is 14.8. The number of rotatable bonds is 5. The summed E-state index contributed by atoms with van der Waals surface area (Å²) >= 11 is 2.84. The van der Waals surface area contributed by atoms with Crippen molar-refractivity contribution < 1.29 is 22.7 Å². The second-order valence-electron chi connectivity index (χ2n) is 4.37. The number of aromatic carboxylic acids is 1. The van der Waals surface area contributed by atoms with Crippen LogP contribution in [0.25, 0.3) is 0 Å². The summed E-state index contributed by atoms with van der Waals surface area (Å²) in [6.45, 7) is 3.04. The molecule has 0 bridgehead atoms. The van der Waals surface area contributed by atoms with Gasteiger partial charge in [-0.25, -0.2) is 17.9 Å². The lowest BCUT2D eigenvalue weighted by Gasteiger charge is -2.15. The van der Waals surface area contributed by atoms with E-state index in [1.54, 1.807) is 13.8 Å². The Morgan fingerprint density at radius 1 is 1.63 bits per heavy atom. The van der Waals surface area contributed by atoms with Gasteiger partial charge in [-0.2, -0.15) is 5.26 Å². The average molecular weight is 351 g/mol. The lowest BCUT2D eigenvalue weighted by Crippen LogP contribution is -2.33. The highest BCUT2D eigenvalue weighted by Crippen LogP contribution is 2.26. The smallest absolute Gasteiger partial charge is 0.371 e. The van der Waals surface area contributed by atoms with Crippen LogP contribution < -0.4 is 4.72 Å². The molecule has 0 saturated carbocycles. The Hall–Kier alpha value is -1.37. The zero-order valence-electron chi connectivity index (χ0n) is 10.1. The summed E-state index contributed by atoms with van der Waals surface area (Å²) in [7, 11) is -3.95. The van der Waals surface area contributed by atoms with E-state index in [2.05, 4.69) is 20.7 Å². The van der Waals surface area contributed by atoms with Crippen LogP contribution in [-0.2, 0) is 10.0 Å². The topological polar surface area (TPSA) is 120 Å². The van der Waals surface area contributed by atoms with Crippen LogP contribution in [0.5, 0.6) is 0 Å². The first-order valence-corrected chi connectivity index (χ1v) is 7.30. The van der Waals surface area contributed by atoms with E-state index in [1.165, 1.54) is 0 Å². The molecule has 9 heteroatoms. The van der Waals surface area contributed by atoms with Gasteiger partial charge in [-0.1, -0.05) is 0 Å². The summed E-state index contributed by atoms with van der Waals surface area (Å²) in [4.78, 5) is 10.4. The molecule has 1 aromatic heterocycles. The third-order valence-electron chi connectivity index (χ3n) is 2.16. The highest BCUT2D eigenvalue weighted by atomic mass is 79.9. The lowest BCUT2D eigenvalue weighted by atomic mass is 9.97. The van der Waals surface area contributed by atoms with Crippen molar-refractivity contribution >= 4 is 31.9 Å². The molecule has 0 atom stereocenters. The zero-order valence-corrected chi connectivity index (χ0v) is 12.5. The first-order chi connectivity index (χ1) is 8.59. The molecule has 0 saturated heterocycles. The molecule has 7 nitrogen and oxygen atoms in total. The first kappa shape index (κ1) is 15.7. The lowest BCUT2D eigenvalue weighted by molar-refractivity contribution is 0.0661. The number of sulfonamides is 1. The fourth-order valence-corrected chi connectivity index (χ4v) is 3.18. The number of nitrogens with one attached hydrogen (secondary N) is 1. The molecule has 19 heavy (non-hydrogen) atoms. The van der Waals surface area contributed by atoms with Crippen LogP contribution in [0.3, 0.4) is 0 Å². The summed E-state index contributed by atoms with van der Waals surface area (Å²) in [6, 6.07) is 2.84. The molecule has 0 aliphatic rings. The van der Waals surface area contributed by atoms with E-state index in [0.717, 1.165) is 6.07 Å². The van der Waals surface area contributed by atoms with Gasteiger partial charge in [0.15, 0.2) is 4.67 Å². The molecule has 0 spiro atoms. The number of hydrogen-bond donors (Lipinski definition) is 2. The number of carbonyl (C=O) groups is 1. The van der Waals surface area contributed by atoms with Crippen LogP contribution >= 0.6 is 15.9 Å². The maximum absolute atomic E-state index is 11.9. The van der Waals surface area contributed by atoms with E-state index in [0.29, 0.717) is 0 Å². The van der Waals surface area contributed by atoms with Crippen LogP contribution in [0, 0.1) is 16.7 Å². The van der Waals surface area contributed by atoms with Gasteiger partial charge in [0.1, 0.15) is 4.90 Å². The molecule has 2 N–H and O–H groups in total. The van der Waals surface area contributed by atoms with Gasteiger partial charge in [0.2, 0.25) is 15.8 Å². The predicted molar refractivity (Wildman–Crippen MR) is 67.9 cm³/mol. The third-order valence-corrected chi connectivity index (χ3v) is 4.42. The van der Waals surface area contributed by atoms with Crippen molar-refractivity contribution in [2.75, 3.05) is 6.54 Å². The molecule has 0 aliphatic carbocycles. The highest BCUT2D eigenvalue weighted by molar-refractivity contribution is 9.10. The number of hydrogen-bond acceptors (Lipinski definition) is 5. The van der Waals surface area contributed by atoms with Gasteiger partial charge >= 0.3 is 5.97 Å². The molecule has 0 unspecified atom stereocenters. The average Bonchev–Trinajstić information content (AvgIpc) is 2.70. The largest absolute Gasteiger partial charge is 0.475 e. The molecule has 1 heterocycles. The summed E-state index contributed by atoms with van der Waals surface area (Å²) in [5.41, 5.74) is -0.876. The normalized spacial score (nSPS) is 12.1. The number of furan rings is 1. The summed E-state index contributed by atoms with van der Waals surface area (Å²) in [6.07, 6.45) is 0. The molecule has 104 valence electrons. The minimum absolute atomic E-state index is 0.105. The Labute approximate surface area is 118 Å². The van der Waals surface area contributed by atoms with Crippen LogP contribution in [-0.4, -0.2) is 26.0 Å². The molecule has 0 aromatic carbocycles. The van der Waals surface area contributed by atoms with Crippen LogP contribution in [0.15, 0.2) is 20.0 Å². The second kappa shape index (κ2) is 5.32. The van der Waals surface area contributed by atoms with Gasteiger partial charge in [0.25, 0.3) is 0 Å². The third kappa shape index (κ3) is 3.79. The number of carboxylic acid groups (broad SMARTS) is 1. The maximum atomic E-state index is 11.9. The molecule has 0 radical (unpaired) electrons. The number of halogens is 1. The fourth-order valence-electron chi connectivity index (χ4n) is 1.03. The molecule has 0 amide bonds. The Morgan fingerprint density at radius 3 is 2.63 bits per heavy atom. The van der Waals surface area contributed by atoms with Gasteiger partial charge < -0.3 is 9.52 Å². The van der Waals surface area contributed by atoms with Crippen LogP contribution in [0.2, 0.25) is 0 Å². The van der Waals surface area contributed by atoms with Crippen molar-refractivity contribution in [2.24, 2.45) is 5.41 Å². The molecule has 0 fully saturated rings. The Kier molecular flexibility index (Phi) is 4.39. The predicted octanol–water partition coefficient (Wildman–Crippen LogP) is 1.57. The van der Waals surface area contributed by atoms with Crippen molar-refractivity contribution in [3.63, 3.8) is 0 Å². The van der Waals surface area contributed by atoms with E-state index >= 15 is 0 Å². The quantitative estimate of drug-likeness (QED) is 0.831. The standard InChI is InChI=1S/C10H11BrN2O5S/c1-10(2,4-12)5-13-19(16,17)7-3-6(9(14)15)18-8(7)11/h3,13H,5H2,1-2H3,(H,14,15). The minimum atomic E-state index is -3.95. The Morgan fingerprint density at radius 2 is 2.21 bits per heavy atom. The molecular formula is C10H11BrN2O5S. The summed E-state index contributed by atoms with van der Waals surface area (Å²) in [5.74, 6) is -1.87. The van der Waals surface area contributed by atoms with E-state index in [1.807, 2.05) is 6.07 Å². The van der Waals surface area contributed by atoms with Crippen molar-refractivity contribution in [2.45, 2.75) is 18.7 Å². The second-order valence-corrected chi connectivity index (χ2v) is 6.83.